The van der Waals surface area contributed by atoms with Gasteiger partial charge in [-0.05, 0) is 5.92 Å². The molecule has 1 aliphatic heterocycles. The van der Waals surface area contributed by atoms with Crippen molar-refractivity contribution < 1.29 is 9.64 Å². The number of piperidine rings is 1. The molecule has 19 heavy (non-hydrogen) atoms. The summed E-state index contributed by atoms with van der Waals surface area (Å²) in [7, 11) is 0. The van der Waals surface area contributed by atoms with E-state index in [0.717, 1.165) is 13.2 Å². The number of nitrogens with zero attached hydrogens (tertiary/aromatic N) is 1. The molecule has 1 N–H and O–H groups in total. The van der Waals surface area contributed by atoms with Crippen LogP contribution in [0.2, 0.25) is 0 Å². The summed E-state index contributed by atoms with van der Waals surface area (Å²) in [5.74, 6) is 0.693. The fourth-order valence-electron chi connectivity index (χ4n) is 2.68. The standard InChI is InChI=1S/C16H22N2O/c17-9-4-12-19-14-16-7-10-18(11-8-16)13-15-5-2-1-3-6-15/h1-3,5-6,16H,4,7-8,10-14H2/p+1. The SMILES string of the molecule is N#CCCOCC1CC[NH+](Cc2ccccc2)CC1. The highest BCUT2D eigenvalue weighted by Crippen LogP contribution is 2.10. The lowest BCUT2D eigenvalue weighted by Crippen LogP contribution is -3.11. The number of hydrogen-bond donors (Lipinski definition) is 1. The van der Waals surface area contributed by atoms with Crippen molar-refractivity contribution in [2.45, 2.75) is 25.8 Å². The topological polar surface area (TPSA) is 37.5 Å². The van der Waals surface area contributed by atoms with Crippen LogP contribution in [0.1, 0.15) is 24.8 Å². The van der Waals surface area contributed by atoms with Crippen molar-refractivity contribution in [3.05, 3.63) is 35.9 Å². The minimum Gasteiger partial charge on any atom is -0.380 e. The summed E-state index contributed by atoms with van der Waals surface area (Å²) in [6.07, 6.45) is 3.00. The maximum atomic E-state index is 8.44. The second-order valence-electron chi connectivity index (χ2n) is 5.34. The summed E-state index contributed by atoms with van der Waals surface area (Å²) < 4.78 is 5.54. The van der Waals surface area contributed by atoms with E-state index in [0.29, 0.717) is 18.9 Å². The van der Waals surface area contributed by atoms with Crippen LogP contribution in [0.4, 0.5) is 0 Å². The molecule has 0 radical (unpaired) electrons. The molecule has 0 spiro atoms. The third-order valence-corrected chi connectivity index (χ3v) is 3.82. The van der Waals surface area contributed by atoms with E-state index >= 15 is 0 Å². The molecule has 3 heteroatoms. The first-order chi connectivity index (χ1) is 9.38. The van der Waals surface area contributed by atoms with Crippen molar-refractivity contribution in [3.8, 4) is 6.07 Å². The molecule has 0 bridgehead atoms. The van der Waals surface area contributed by atoms with E-state index in [-0.39, 0.29) is 0 Å². The zero-order valence-electron chi connectivity index (χ0n) is 11.5. The first kappa shape index (κ1) is 14.0. The molecular formula is C16H23N2O+. The van der Waals surface area contributed by atoms with Crippen molar-refractivity contribution in [3.63, 3.8) is 0 Å². The Balaban J connectivity index is 1.64. The summed E-state index contributed by atoms with van der Waals surface area (Å²) in [5, 5.41) is 8.44. The van der Waals surface area contributed by atoms with E-state index in [1.54, 1.807) is 4.90 Å². The predicted molar refractivity (Wildman–Crippen MR) is 74.6 cm³/mol. The normalized spacial score (nSPS) is 22.9. The smallest absolute Gasteiger partial charge is 0.103 e. The van der Waals surface area contributed by atoms with Crippen molar-refractivity contribution in [2.75, 3.05) is 26.3 Å². The van der Waals surface area contributed by atoms with Crippen LogP contribution in [0.15, 0.2) is 30.3 Å². The van der Waals surface area contributed by atoms with E-state index in [9.17, 15) is 0 Å². The molecule has 1 saturated heterocycles. The number of nitrogens with one attached hydrogen (secondary N) is 1. The average molecular weight is 259 g/mol. The van der Waals surface area contributed by atoms with Crippen molar-refractivity contribution in [1.29, 1.82) is 5.26 Å². The van der Waals surface area contributed by atoms with Crippen LogP contribution in [0.25, 0.3) is 0 Å². The maximum Gasteiger partial charge on any atom is 0.103 e. The van der Waals surface area contributed by atoms with Crippen molar-refractivity contribution >= 4 is 0 Å². The van der Waals surface area contributed by atoms with Crippen LogP contribution in [0, 0.1) is 17.2 Å². The number of ether oxygens (including phenoxy) is 1. The van der Waals surface area contributed by atoms with Gasteiger partial charge in [0.1, 0.15) is 6.54 Å². The molecule has 3 nitrogen and oxygen atoms in total. The molecule has 1 fully saturated rings. The van der Waals surface area contributed by atoms with Gasteiger partial charge in [0.25, 0.3) is 0 Å². The predicted octanol–water partition coefficient (Wildman–Crippen LogP) is 1.41. The van der Waals surface area contributed by atoms with Gasteiger partial charge >= 0.3 is 0 Å². The van der Waals surface area contributed by atoms with E-state index in [4.69, 9.17) is 10.00 Å². The number of benzene rings is 1. The molecular weight excluding hydrogens is 236 g/mol. The fraction of sp³-hybridized carbons (Fsp3) is 0.562. The largest absolute Gasteiger partial charge is 0.380 e. The third-order valence-electron chi connectivity index (χ3n) is 3.82. The Morgan fingerprint density at radius 3 is 2.63 bits per heavy atom. The second-order valence-corrected chi connectivity index (χ2v) is 5.34. The van der Waals surface area contributed by atoms with Crippen LogP contribution in [-0.4, -0.2) is 26.3 Å². The van der Waals surface area contributed by atoms with Gasteiger partial charge in [0.05, 0.1) is 32.2 Å². The summed E-state index contributed by atoms with van der Waals surface area (Å²) >= 11 is 0. The van der Waals surface area contributed by atoms with E-state index in [1.807, 2.05) is 0 Å². The monoisotopic (exact) mass is 259 g/mol. The highest BCUT2D eigenvalue weighted by molar-refractivity contribution is 5.13. The summed E-state index contributed by atoms with van der Waals surface area (Å²) in [6.45, 7) is 5.04. The first-order valence-corrected chi connectivity index (χ1v) is 7.20. The zero-order valence-corrected chi connectivity index (χ0v) is 11.5. The van der Waals surface area contributed by atoms with Crippen LogP contribution in [-0.2, 0) is 11.3 Å². The molecule has 1 aromatic rings. The minimum atomic E-state index is 0.512. The molecule has 0 unspecified atom stereocenters. The van der Waals surface area contributed by atoms with E-state index in [2.05, 4.69) is 36.4 Å². The van der Waals surface area contributed by atoms with Gasteiger partial charge in [-0.3, -0.25) is 0 Å². The zero-order chi connectivity index (χ0) is 13.3. The number of hydrogen-bond acceptors (Lipinski definition) is 2. The van der Waals surface area contributed by atoms with Gasteiger partial charge in [0, 0.05) is 25.0 Å². The molecule has 2 rings (SSSR count). The van der Waals surface area contributed by atoms with Crippen molar-refractivity contribution in [1.82, 2.24) is 0 Å². The fourth-order valence-corrected chi connectivity index (χ4v) is 2.68. The first-order valence-electron chi connectivity index (χ1n) is 7.20. The molecule has 0 amide bonds. The minimum absolute atomic E-state index is 0.512. The second kappa shape index (κ2) is 7.93. The van der Waals surface area contributed by atoms with Gasteiger partial charge in [-0.25, -0.2) is 0 Å². The number of rotatable bonds is 6. The number of nitriles is 1. The number of quaternary nitrogens is 1. The average Bonchev–Trinajstić information content (AvgIpc) is 2.46. The Bertz CT molecular complexity index is 391. The maximum absolute atomic E-state index is 8.44. The highest BCUT2D eigenvalue weighted by atomic mass is 16.5. The molecule has 0 saturated carbocycles. The van der Waals surface area contributed by atoms with Crippen LogP contribution in [0.3, 0.4) is 0 Å². The summed E-state index contributed by atoms with van der Waals surface area (Å²) in [5.41, 5.74) is 1.43. The van der Waals surface area contributed by atoms with Gasteiger partial charge in [0.15, 0.2) is 0 Å². The van der Waals surface area contributed by atoms with E-state index < -0.39 is 0 Å². The lowest BCUT2D eigenvalue weighted by Gasteiger charge is -2.29. The molecule has 0 atom stereocenters. The molecule has 1 heterocycles. The Morgan fingerprint density at radius 1 is 1.21 bits per heavy atom. The quantitative estimate of drug-likeness (QED) is 0.784. The van der Waals surface area contributed by atoms with Gasteiger partial charge in [0.2, 0.25) is 0 Å². The molecule has 1 aliphatic rings. The molecule has 0 aliphatic carbocycles. The van der Waals surface area contributed by atoms with Crippen LogP contribution >= 0.6 is 0 Å². The molecule has 0 aromatic heterocycles. The Kier molecular flexibility index (Phi) is 5.87. The lowest BCUT2D eigenvalue weighted by atomic mass is 9.97. The Morgan fingerprint density at radius 2 is 1.95 bits per heavy atom. The van der Waals surface area contributed by atoms with Crippen LogP contribution < -0.4 is 4.90 Å². The van der Waals surface area contributed by atoms with Gasteiger partial charge in [-0.1, -0.05) is 30.3 Å². The highest BCUT2D eigenvalue weighted by Gasteiger charge is 2.22. The summed E-state index contributed by atoms with van der Waals surface area (Å²) in [6, 6.07) is 12.8. The van der Waals surface area contributed by atoms with Gasteiger partial charge in [-0.15, -0.1) is 0 Å². The van der Waals surface area contributed by atoms with Gasteiger partial charge < -0.3 is 9.64 Å². The Hall–Kier alpha value is -1.37. The molecule has 1 aromatic carbocycles. The summed E-state index contributed by atoms with van der Waals surface area (Å²) in [4.78, 5) is 1.68. The molecule has 102 valence electrons. The van der Waals surface area contributed by atoms with Crippen LogP contribution in [0.5, 0.6) is 0 Å². The van der Waals surface area contributed by atoms with Gasteiger partial charge in [-0.2, -0.15) is 5.26 Å². The van der Waals surface area contributed by atoms with Crippen molar-refractivity contribution in [2.24, 2.45) is 5.92 Å². The lowest BCUT2D eigenvalue weighted by molar-refractivity contribution is -0.919. The third kappa shape index (κ3) is 5.02. The Labute approximate surface area is 115 Å². The number of likely N-dealkylation sites (tertiary alicyclic amines) is 1. The van der Waals surface area contributed by atoms with E-state index in [1.165, 1.54) is 31.5 Å².